The third kappa shape index (κ3) is 30.3. The van der Waals surface area contributed by atoms with Crippen molar-refractivity contribution in [2.45, 2.75) is 91.4 Å². The van der Waals surface area contributed by atoms with Gasteiger partial charge in [0.05, 0.1) is 6.61 Å². The lowest BCUT2D eigenvalue weighted by Gasteiger charge is -2.02. The fraction of sp³-hybridized carbons (Fsp3) is 1.00. The lowest BCUT2D eigenvalue weighted by molar-refractivity contribution is 0.162. The molecule has 142 valence electrons. The quantitative estimate of drug-likeness (QED) is 0.325. The average Bonchev–Trinajstić information content (AvgIpc) is 2.49. The van der Waals surface area contributed by atoms with Crippen LogP contribution in [0.25, 0.3) is 0 Å². The third-order valence-electron chi connectivity index (χ3n) is 3.39. The molecule has 0 rings (SSSR count). The van der Waals surface area contributed by atoms with Gasteiger partial charge in [0.1, 0.15) is 0 Å². The highest BCUT2D eigenvalue weighted by Gasteiger charge is 2.02. The Kier molecular flexibility index (Phi) is 21.7. The highest BCUT2D eigenvalue weighted by molar-refractivity contribution is 7.80. The van der Waals surface area contributed by atoms with E-state index in [1.54, 1.807) is 0 Å². The number of rotatable bonds is 15. The maximum atomic E-state index is 10.2. The van der Waals surface area contributed by atoms with Crippen LogP contribution >= 0.6 is 0 Å². The summed E-state index contributed by atoms with van der Waals surface area (Å²) in [5.74, 6) is 0. The normalized spacial score (nSPS) is 11.1. The van der Waals surface area contributed by atoms with Crippen LogP contribution in [0, 0.1) is 0 Å². The van der Waals surface area contributed by atoms with Crippen LogP contribution in [-0.4, -0.2) is 32.8 Å². The van der Waals surface area contributed by atoms with Crippen LogP contribution < -0.4 is 0 Å². The standard InChI is InChI=1S/C13H28O4S.C4H10O/c1-2-3-4-5-6-7-8-9-10-11-12-13-17-18(14,15)16;1-3-5-4-2/h2-13H2,1H3,(H,14,15,16);3-4H2,1-2H3. The summed E-state index contributed by atoms with van der Waals surface area (Å²) in [6, 6.07) is 0. The zero-order valence-electron chi connectivity index (χ0n) is 15.4. The lowest BCUT2D eigenvalue weighted by atomic mass is 10.1. The van der Waals surface area contributed by atoms with Crippen molar-refractivity contribution in [2.24, 2.45) is 0 Å². The van der Waals surface area contributed by atoms with Crippen LogP contribution in [0.15, 0.2) is 0 Å². The van der Waals surface area contributed by atoms with Gasteiger partial charge in [-0.3, -0.25) is 4.55 Å². The topological polar surface area (TPSA) is 72.8 Å². The molecule has 1 N–H and O–H groups in total. The van der Waals surface area contributed by atoms with Crippen LogP contribution in [0.2, 0.25) is 0 Å². The predicted octanol–water partition coefficient (Wildman–Crippen LogP) is 5.16. The molecule has 0 unspecified atom stereocenters. The van der Waals surface area contributed by atoms with Crippen LogP contribution in [0.4, 0.5) is 0 Å². The molecule has 0 radical (unpaired) electrons. The first-order chi connectivity index (χ1) is 11.0. The first-order valence-corrected chi connectivity index (χ1v) is 10.5. The monoisotopic (exact) mass is 354 g/mol. The molecule has 0 aliphatic carbocycles. The Bertz CT molecular complexity index is 302. The van der Waals surface area contributed by atoms with Crippen molar-refractivity contribution in [2.75, 3.05) is 19.8 Å². The molecule has 23 heavy (non-hydrogen) atoms. The van der Waals surface area contributed by atoms with Gasteiger partial charge in [0.15, 0.2) is 0 Å². The highest BCUT2D eigenvalue weighted by atomic mass is 32.3. The Morgan fingerprint density at radius 2 is 1.09 bits per heavy atom. The number of unbranched alkanes of at least 4 members (excludes halogenated alkanes) is 10. The molecule has 0 aromatic carbocycles. The van der Waals surface area contributed by atoms with Crippen molar-refractivity contribution in [3.05, 3.63) is 0 Å². The summed E-state index contributed by atoms with van der Waals surface area (Å²) in [7, 11) is -4.24. The summed E-state index contributed by atoms with van der Waals surface area (Å²) in [6.45, 7) is 7.99. The van der Waals surface area contributed by atoms with Gasteiger partial charge >= 0.3 is 10.4 Å². The summed E-state index contributed by atoms with van der Waals surface area (Å²) in [6.07, 6.45) is 13.3. The Hall–Kier alpha value is -0.170. The van der Waals surface area contributed by atoms with E-state index in [2.05, 4.69) is 11.1 Å². The molecule has 0 heterocycles. The minimum absolute atomic E-state index is 0.0931. The summed E-state index contributed by atoms with van der Waals surface area (Å²) >= 11 is 0. The van der Waals surface area contributed by atoms with E-state index in [0.717, 1.165) is 26.1 Å². The van der Waals surface area contributed by atoms with Gasteiger partial charge in [-0.25, -0.2) is 4.18 Å². The van der Waals surface area contributed by atoms with E-state index < -0.39 is 10.4 Å². The Labute approximate surface area is 144 Å². The van der Waals surface area contributed by atoms with Crippen molar-refractivity contribution < 1.29 is 21.9 Å². The molecular weight excluding hydrogens is 316 g/mol. The molecule has 0 spiro atoms. The molecular formula is C17H38O5S. The molecule has 0 saturated heterocycles. The van der Waals surface area contributed by atoms with Gasteiger partial charge in [0.25, 0.3) is 0 Å². The predicted molar refractivity (Wildman–Crippen MR) is 96.1 cm³/mol. The van der Waals surface area contributed by atoms with Crippen LogP contribution in [0.5, 0.6) is 0 Å². The van der Waals surface area contributed by atoms with E-state index in [1.165, 1.54) is 51.4 Å². The molecule has 0 atom stereocenters. The smallest absolute Gasteiger partial charge is 0.382 e. The summed E-state index contributed by atoms with van der Waals surface area (Å²) in [4.78, 5) is 0. The second-order valence-electron chi connectivity index (χ2n) is 5.57. The van der Waals surface area contributed by atoms with Crippen LogP contribution in [-0.2, 0) is 19.3 Å². The van der Waals surface area contributed by atoms with E-state index in [-0.39, 0.29) is 6.61 Å². The Morgan fingerprint density at radius 3 is 1.39 bits per heavy atom. The lowest BCUT2D eigenvalue weighted by Crippen LogP contribution is -2.04. The van der Waals surface area contributed by atoms with Crippen LogP contribution in [0.1, 0.15) is 91.4 Å². The summed E-state index contributed by atoms with van der Waals surface area (Å²) in [5, 5.41) is 0. The molecule has 0 saturated carbocycles. The SMILES string of the molecule is CCCCCCCCCCCCCOS(=O)(=O)O.CCOCC. The summed E-state index contributed by atoms with van der Waals surface area (Å²) in [5.41, 5.74) is 0. The molecule has 0 amide bonds. The number of hydrogen-bond donors (Lipinski definition) is 1. The minimum Gasteiger partial charge on any atom is -0.382 e. The van der Waals surface area contributed by atoms with Gasteiger partial charge < -0.3 is 4.74 Å². The second kappa shape index (κ2) is 19.9. The number of hydrogen-bond acceptors (Lipinski definition) is 4. The van der Waals surface area contributed by atoms with Crippen LogP contribution in [0.3, 0.4) is 0 Å². The first-order valence-electron chi connectivity index (χ1n) is 9.17. The van der Waals surface area contributed by atoms with Crippen molar-refractivity contribution in [1.82, 2.24) is 0 Å². The van der Waals surface area contributed by atoms with Crippen molar-refractivity contribution in [3.63, 3.8) is 0 Å². The summed E-state index contributed by atoms with van der Waals surface area (Å²) < 4.78 is 37.9. The van der Waals surface area contributed by atoms with E-state index in [4.69, 9.17) is 9.29 Å². The molecule has 0 bridgehead atoms. The molecule has 0 aromatic rings. The molecule has 0 fully saturated rings. The van der Waals surface area contributed by atoms with Gasteiger partial charge in [0, 0.05) is 13.2 Å². The van der Waals surface area contributed by atoms with Crippen molar-refractivity contribution >= 4 is 10.4 Å². The third-order valence-corrected chi connectivity index (χ3v) is 3.85. The van der Waals surface area contributed by atoms with Gasteiger partial charge in [-0.1, -0.05) is 71.1 Å². The molecule has 0 aliphatic heterocycles. The Morgan fingerprint density at radius 1 is 0.696 bits per heavy atom. The largest absolute Gasteiger partial charge is 0.397 e. The highest BCUT2D eigenvalue weighted by Crippen LogP contribution is 2.11. The number of ether oxygens (including phenoxy) is 1. The van der Waals surface area contributed by atoms with E-state index in [1.807, 2.05) is 13.8 Å². The van der Waals surface area contributed by atoms with Gasteiger partial charge in [-0.2, -0.15) is 8.42 Å². The molecule has 0 aliphatic rings. The van der Waals surface area contributed by atoms with Crippen molar-refractivity contribution in [3.8, 4) is 0 Å². The first kappa shape index (κ1) is 25.1. The maximum Gasteiger partial charge on any atom is 0.397 e. The van der Waals surface area contributed by atoms with Gasteiger partial charge in [0.2, 0.25) is 0 Å². The molecule has 6 heteroatoms. The molecule has 5 nitrogen and oxygen atoms in total. The zero-order valence-corrected chi connectivity index (χ0v) is 16.2. The van der Waals surface area contributed by atoms with Crippen molar-refractivity contribution in [1.29, 1.82) is 0 Å². The maximum absolute atomic E-state index is 10.2. The van der Waals surface area contributed by atoms with E-state index in [9.17, 15) is 8.42 Å². The minimum atomic E-state index is -4.24. The second-order valence-corrected chi connectivity index (χ2v) is 6.66. The van der Waals surface area contributed by atoms with E-state index in [0.29, 0.717) is 6.42 Å². The fourth-order valence-corrected chi connectivity index (χ4v) is 2.46. The van der Waals surface area contributed by atoms with Gasteiger partial charge in [-0.05, 0) is 20.3 Å². The molecule has 0 aromatic heterocycles. The fourth-order valence-electron chi connectivity index (χ4n) is 2.13. The average molecular weight is 355 g/mol. The van der Waals surface area contributed by atoms with Gasteiger partial charge in [-0.15, -0.1) is 0 Å². The Balaban J connectivity index is 0. The van der Waals surface area contributed by atoms with E-state index >= 15 is 0 Å². The zero-order chi connectivity index (χ0) is 17.8.